The first-order valence-electron chi connectivity index (χ1n) is 6.10. The molecule has 1 aromatic carbocycles. The maximum atomic E-state index is 12.3. The number of hydrogen-bond donors (Lipinski definition) is 2. The first kappa shape index (κ1) is 15.0. The number of aromatic nitrogens is 2. The molecular weight excluding hydrogens is 292 g/mol. The molecule has 0 fully saturated rings. The average molecular weight is 308 g/mol. The summed E-state index contributed by atoms with van der Waals surface area (Å²) < 4.78 is 31.9. The standard InChI is InChI=1S/C13H16N4O3S/c1-8-6-10(4-5-11(8)14)21(18,19)17-13-15-9(2)7-12(16-13)20-3/h4-7H,14H2,1-3H3,(H,15,16,17). The Labute approximate surface area is 123 Å². The van der Waals surface area contributed by atoms with Crippen LogP contribution in [0, 0.1) is 13.8 Å². The molecule has 0 bridgehead atoms. The number of anilines is 2. The van der Waals surface area contributed by atoms with Gasteiger partial charge in [0.15, 0.2) is 0 Å². The van der Waals surface area contributed by atoms with Gasteiger partial charge in [0.05, 0.1) is 12.0 Å². The lowest BCUT2D eigenvalue weighted by atomic mass is 10.2. The van der Waals surface area contributed by atoms with Gasteiger partial charge in [0.25, 0.3) is 10.0 Å². The summed E-state index contributed by atoms with van der Waals surface area (Å²) in [6.07, 6.45) is 0. The van der Waals surface area contributed by atoms with Gasteiger partial charge < -0.3 is 10.5 Å². The summed E-state index contributed by atoms with van der Waals surface area (Å²) in [4.78, 5) is 8.08. The van der Waals surface area contributed by atoms with Crippen molar-refractivity contribution in [1.29, 1.82) is 0 Å². The Hall–Kier alpha value is -2.35. The van der Waals surface area contributed by atoms with Gasteiger partial charge in [0.1, 0.15) is 0 Å². The van der Waals surface area contributed by atoms with Crippen LogP contribution in [0.3, 0.4) is 0 Å². The Morgan fingerprint density at radius 1 is 1.19 bits per heavy atom. The molecule has 0 saturated heterocycles. The van der Waals surface area contributed by atoms with Crippen molar-refractivity contribution in [3.63, 3.8) is 0 Å². The fourth-order valence-corrected chi connectivity index (χ4v) is 2.71. The van der Waals surface area contributed by atoms with Crippen molar-refractivity contribution in [1.82, 2.24) is 9.97 Å². The number of methoxy groups -OCH3 is 1. The fraction of sp³-hybridized carbons (Fsp3) is 0.231. The van der Waals surface area contributed by atoms with Gasteiger partial charge in [-0.15, -0.1) is 0 Å². The Morgan fingerprint density at radius 3 is 2.52 bits per heavy atom. The Balaban J connectivity index is 2.37. The predicted molar refractivity (Wildman–Crippen MR) is 79.7 cm³/mol. The summed E-state index contributed by atoms with van der Waals surface area (Å²) in [6.45, 7) is 3.45. The van der Waals surface area contributed by atoms with Gasteiger partial charge >= 0.3 is 0 Å². The van der Waals surface area contributed by atoms with Crippen LogP contribution in [0.2, 0.25) is 0 Å². The van der Waals surface area contributed by atoms with Crippen molar-refractivity contribution < 1.29 is 13.2 Å². The number of aryl methyl sites for hydroxylation is 2. The van der Waals surface area contributed by atoms with Crippen LogP contribution < -0.4 is 15.2 Å². The molecule has 0 amide bonds. The van der Waals surface area contributed by atoms with Crippen LogP contribution in [-0.4, -0.2) is 25.5 Å². The molecule has 3 N–H and O–H groups in total. The molecule has 0 aliphatic rings. The molecule has 8 heteroatoms. The van der Waals surface area contributed by atoms with Crippen molar-refractivity contribution >= 4 is 21.7 Å². The molecule has 112 valence electrons. The van der Waals surface area contributed by atoms with E-state index < -0.39 is 10.0 Å². The highest BCUT2D eigenvalue weighted by molar-refractivity contribution is 7.92. The fourth-order valence-electron chi connectivity index (χ4n) is 1.68. The SMILES string of the molecule is COc1cc(C)nc(NS(=O)(=O)c2ccc(N)c(C)c2)n1. The summed E-state index contributed by atoms with van der Waals surface area (Å²) in [5.41, 5.74) is 7.49. The zero-order valence-electron chi connectivity index (χ0n) is 11.9. The van der Waals surface area contributed by atoms with E-state index in [0.717, 1.165) is 0 Å². The Bertz CT molecular complexity index is 775. The molecule has 0 radical (unpaired) electrons. The van der Waals surface area contributed by atoms with E-state index >= 15 is 0 Å². The molecule has 21 heavy (non-hydrogen) atoms. The van der Waals surface area contributed by atoms with E-state index in [0.29, 0.717) is 16.9 Å². The first-order chi connectivity index (χ1) is 9.81. The lowest BCUT2D eigenvalue weighted by Crippen LogP contribution is -2.16. The van der Waals surface area contributed by atoms with Gasteiger partial charge in [-0.3, -0.25) is 0 Å². The summed E-state index contributed by atoms with van der Waals surface area (Å²) >= 11 is 0. The summed E-state index contributed by atoms with van der Waals surface area (Å²) in [5, 5.41) is 0. The first-order valence-corrected chi connectivity index (χ1v) is 7.59. The highest BCUT2D eigenvalue weighted by atomic mass is 32.2. The smallest absolute Gasteiger partial charge is 0.264 e. The minimum Gasteiger partial charge on any atom is -0.481 e. The summed E-state index contributed by atoms with van der Waals surface area (Å²) in [6, 6.07) is 6.06. The summed E-state index contributed by atoms with van der Waals surface area (Å²) in [5.74, 6) is 0.245. The maximum absolute atomic E-state index is 12.3. The molecule has 0 atom stereocenters. The second-order valence-electron chi connectivity index (χ2n) is 4.50. The second kappa shape index (κ2) is 5.57. The average Bonchev–Trinajstić information content (AvgIpc) is 2.40. The predicted octanol–water partition coefficient (Wildman–Crippen LogP) is 1.49. The lowest BCUT2D eigenvalue weighted by Gasteiger charge is -2.09. The van der Waals surface area contributed by atoms with Crippen LogP contribution in [0.4, 0.5) is 11.6 Å². The lowest BCUT2D eigenvalue weighted by molar-refractivity contribution is 0.397. The largest absolute Gasteiger partial charge is 0.481 e. The molecule has 0 aliphatic heterocycles. The van der Waals surface area contributed by atoms with Gasteiger partial charge in [0, 0.05) is 17.4 Å². The van der Waals surface area contributed by atoms with Crippen molar-refractivity contribution in [3.05, 3.63) is 35.5 Å². The number of rotatable bonds is 4. The third-order valence-electron chi connectivity index (χ3n) is 2.82. The number of nitrogens with two attached hydrogens (primary N) is 1. The molecule has 0 spiro atoms. The van der Waals surface area contributed by atoms with E-state index in [1.54, 1.807) is 26.0 Å². The van der Waals surface area contributed by atoms with E-state index in [2.05, 4.69) is 14.7 Å². The van der Waals surface area contributed by atoms with Crippen LogP contribution in [0.1, 0.15) is 11.3 Å². The van der Waals surface area contributed by atoms with Gasteiger partial charge in [0.2, 0.25) is 11.8 Å². The van der Waals surface area contributed by atoms with E-state index in [9.17, 15) is 8.42 Å². The molecule has 0 aliphatic carbocycles. The van der Waals surface area contributed by atoms with Crippen molar-refractivity contribution in [2.75, 3.05) is 17.6 Å². The number of nitrogens with one attached hydrogen (secondary N) is 1. The van der Waals surface area contributed by atoms with Crippen LogP contribution in [0.25, 0.3) is 0 Å². The molecule has 2 rings (SSSR count). The zero-order chi connectivity index (χ0) is 15.6. The highest BCUT2D eigenvalue weighted by Gasteiger charge is 2.17. The number of nitrogens with zero attached hydrogens (tertiary/aromatic N) is 2. The van der Waals surface area contributed by atoms with Crippen LogP contribution in [0.5, 0.6) is 5.88 Å². The quantitative estimate of drug-likeness (QED) is 0.829. The monoisotopic (exact) mass is 308 g/mol. The minimum atomic E-state index is -3.78. The van der Waals surface area contributed by atoms with E-state index in [4.69, 9.17) is 10.5 Å². The topological polar surface area (TPSA) is 107 Å². The number of sulfonamides is 1. The summed E-state index contributed by atoms with van der Waals surface area (Å²) in [7, 11) is -2.33. The van der Waals surface area contributed by atoms with Gasteiger partial charge in [-0.25, -0.2) is 18.1 Å². The van der Waals surface area contributed by atoms with E-state index in [-0.39, 0.29) is 16.7 Å². The van der Waals surface area contributed by atoms with Gasteiger partial charge in [-0.05, 0) is 37.6 Å². The zero-order valence-corrected chi connectivity index (χ0v) is 12.7. The van der Waals surface area contributed by atoms with Crippen LogP contribution in [-0.2, 0) is 10.0 Å². The Kier molecular flexibility index (Phi) is 3.99. The highest BCUT2D eigenvalue weighted by Crippen LogP contribution is 2.20. The van der Waals surface area contributed by atoms with Crippen LogP contribution >= 0.6 is 0 Å². The molecule has 0 unspecified atom stereocenters. The number of hydrogen-bond acceptors (Lipinski definition) is 6. The van der Waals surface area contributed by atoms with Crippen molar-refractivity contribution in [2.45, 2.75) is 18.7 Å². The molecule has 7 nitrogen and oxygen atoms in total. The number of nitrogen functional groups attached to an aromatic ring is 1. The third kappa shape index (κ3) is 3.40. The minimum absolute atomic E-state index is 0.0404. The second-order valence-corrected chi connectivity index (χ2v) is 6.18. The number of benzene rings is 1. The normalized spacial score (nSPS) is 11.2. The molecule has 1 heterocycles. The molecular formula is C13H16N4O3S. The molecule has 0 saturated carbocycles. The maximum Gasteiger partial charge on any atom is 0.264 e. The molecule has 2 aromatic rings. The van der Waals surface area contributed by atoms with Gasteiger partial charge in [-0.1, -0.05) is 0 Å². The van der Waals surface area contributed by atoms with E-state index in [1.807, 2.05) is 0 Å². The molecule has 1 aromatic heterocycles. The third-order valence-corrected chi connectivity index (χ3v) is 4.14. The van der Waals surface area contributed by atoms with Crippen LogP contribution in [0.15, 0.2) is 29.2 Å². The van der Waals surface area contributed by atoms with Gasteiger partial charge in [-0.2, -0.15) is 4.98 Å². The van der Waals surface area contributed by atoms with Crippen molar-refractivity contribution in [2.24, 2.45) is 0 Å². The van der Waals surface area contributed by atoms with Crippen molar-refractivity contribution in [3.8, 4) is 5.88 Å². The number of ether oxygens (including phenoxy) is 1. The van der Waals surface area contributed by atoms with E-state index in [1.165, 1.54) is 19.2 Å². The Morgan fingerprint density at radius 2 is 1.90 bits per heavy atom.